The molecule has 2 aromatic rings. The number of nitrogens with one attached hydrogen (secondary N) is 1. The molecule has 0 radical (unpaired) electrons. The molecule has 0 fully saturated rings. The van der Waals surface area contributed by atoms with Crippen molar-refractivity contribution in [1.29, 1.82) is 0 Å². The number of benzene rings is 1. The van der Waals surface area contributed by atoms with E-state index < -0.39 is 0 Å². The van der Waals surface area contributed by atoms with E-state index in [1.54, 1.807) is 0 Å². The SMILES string of the molecule is Cc1ccc2[nH]c3c(c(=O)c2c1)CCC[C@H]3C(N)=O. The number of amides is 1. The lowest BCUT2D eigenvalue weighted by Gasteiger charge is -2.23. The first-order valence-electron chi connectivity index (χ1n) is 6.52. The number of hydrogen-bond donors (Lipinski definition) is 2. The van der Waals surface area contributed by atoms with E-state index in [9.17, 15) is 9.59 Å². The van der Waals surface area contributed by atoms with Crippen LogP contribution in [0.25, 0.3) is 10.9 Å². The van der Waals surface area contributed by atoms with Crippen molar-refractivity contribution in [1.82, 2.24) is 4.98 Å². The molecule has 0 saturated carbocycles. The fraction of sp³-hybridized carbons (Fsp3) is 0.333. The van der Waals surface area contributed by atoms with E-state index in [0.717, 1.165) is 41.6 Å². The summed E-state index contributed by atoms with van der Waals surface area (Å²) in [6.45, 7) is 1.96. The number of carbonyl (C=O) groups is 1. The third kappa shape index (κ3) is 1.84. The van der Waals surface area contributed by atoms with Crippen LogP contribution >= 0.6 is 0 Å². The predicted molar refractivity (Wildman–Crippen MR) is 74.2 cm³/mol. The number of aryl methyl sites for hydroxylation is 1. The van der Waals surface area contributed by atoms with Crippen molar-refractivity contribution in [2.24, 2.45) is 5.73 Å². The molecule has 1 atom stereocenters. The third-order valence-corrected chi connectivity index (χ3v) is 3.90. The summed E-state index contributed by atoms with van der Waals surface area (Å²) in [6, 6.07) is 5.73. The zero-order valence-corrected chi connectivity index (χ0v) is 10.8. The van der Waals surface area contributed by atoms with Gasteiger partial charge in [0.15, 0.2) is 5.43 Å². The van der Waals surface area contributed by atoms with Gasteiger partial charge in [0.05, 0.1) is 5.92 Å². The number of primary amides is 1. The lowest BCUT2D eigenvalue weighted by atomic mass is 9.85. The van der Waals surface area contributed by atoms with E-state index >= 15 is 0 Å². The van der Waals surface area contributed by atoms with Crippen molar-refractivity contribution < 1.29 is 4.79 Å². The summed E-state index contributed by atoms with van der Waals surface area (Å²) < 4.78 is 0. The molecule has 3 rings (SSSR count). The Kier molecular flexibility index (Phi) is 2.66. The van der Waals surface area contributed by atoms with Gasteiger partial charge in [0.25, 0.3) is 0 Å². The molecular weight excluding hydrogens is 240 g/mol. The predicted octanol–water partition coefficient (Wildman–Crippen LogP) is 1.74. The van der Waals surface area contributed by atoms with Crippen LogP contribution in [0, 0.1) is 6.92 Å². The third-order valence-electron chi connectivity index (χ3n) is 3.90. The smallest absolute Gasteiger partial charge is 0.226 e. The molecule has 1 heterocycles. The minimum absolute atomic E-state index is 0.0402. The van der Waals surface area contributed by atoms with Crippen molar-refractivity contribution in [2.45, 2.75) is 32.1 Å². The summed E-state index contributed by atoms with van der Waals surface area (Å²) in [6.07, 6.45) is 2.27. The van der Waals surface area contributed by atoms with Gasteiger partial charge in [-0.05, 0) is 38.3 Å². The van der Waals surface area contributed by atoms with Gasteiger partial charge < -0.3 is 10.7 Å². The first-order valence-corrected chi connectivity index (χ1v) is 6.52. The second-order valence-corrected chi connectivity index (χ2v) is 5.24. The molecule has 1 amide bonds. The van der Waals surface area contributed by atoms with Gasteiger partial charge in [-0.1, -0.05) is 11.6 Å². The van der Waals surface area contributed by atoms with E-state index in [-0.39, 0.29) is 17.3 Å². The highest BCUT2D eigenvalue weighted by molar-refractivity contribution is 5.85. The van der Waals surface area contributed by atoms with Crippen LogP contribution in [0.4, 0.5) is 0 Å². The maximum Gasteiger partial charge on any atom is 0.226 e. The number of rotatable bonds is 1. The normalized spacial score (nSPS) is 18.3. The number of fused-ring (bicyclic) bond motifs is 2. The van der Waals surface area contributed by atoms with E-state index in [1.807, 2.05) is 25.1 Å². The van der Waals surface area contributed by atoms with Gasteiger partial charge in [-0.3, -0.25) is 9.59 Å². The fourth-order valence-corrected chi connectivity index (χ4v) is 2.92. The van der Waals surface area contributed by atoms with Crippen molar-refractivity contribution in [3.8, 4) is 0 Å². The molecule has 1 aliphatic rings. The topological polar surface area (TPSA) is 75.9 Å². The fourth-order valence-electron chi connectivity index (χ4n) is 2.92. The van der Waals surface area contributed by atoms with Crippen LogP contribution in [0.15, 0.2) is 23.0 Å². The van der Waals surface area contributed by atoms with Crippen LogP contribution in [-0.2, 0) is 11.2 Å². The summed E-state index contributed by atoms with van der Waals surface area (Å²) in [7, 11) is 0. The van der Waals surface area contributed by atoms with E-state index in [4.69, 9.17) is 5.73 Å². The van der Waals surface area contributed by atoms with Gasteiger partial charge in [-0.25, -0.2) is 0 Å². The summed E-state index contributed by atoms with van der Waals surface area (Å²) in [5.41, 5.74) is 8.77. The van der Waals surface area contributed by atoms with Crippen molar-refractivity contribution in [2.75, 3.05) is 0 Å². The molecule has 0 unspecified atom stereocenters. The molecule has 1 aromatic heterocycles. The molecule has 4 heteroatoms. The van der Waals surface area contributed by atoms with Crippen LogP contribution in [0.3, 0.4) is 0 Å². The summed E-state index contributed by atoms with van der Waals surface area (Å²) in [5, 5.41) is 0.698. The number of pyridine rings is 1. The Hall–Kier alpha value is -2.10. The maximum atomic E-state index is 12.5. The molecule has 1 aromatic carbocycles. The number of aromatic amines is 1. The molecule has 19 heavy (non-hydrogen) atoms. The Labute approximate surface area is 110 Å². The molecule has 0 bridgehead atoms. The first kappa shape index (κ1) is 12.0. The minimum atomic E-state index is -0.359. The summed E-state index contributed by atoms with van der Waals surface area (Å²) in [5.74, 6) is -0.717. The lowest BCUT2D eigenvalue weighted by molar-refractivity contribution is -0.119. The number of H-pyrrole nitrogens is 1. The quantitative estimate of drug-likeness (QED) is 0.815. The van der Waals surface area contributed by atoms with E-state index in [2.05, 4.69) is 4.98 Å². The van der Waals surface area contributed by atoms with Crippen LogP contribution in [0.1, 0.15) is 35.6 Å². The van der Waals surface area contributed by atoms with Crippen LogP contribution < -0.4 is 11.2 Å². The Morgan fingerprint density at radius 1 is 1.42 bits per heavy atom. The van der Waals surface area contributed by atoms with Gasteiger partial charge in [0, 0.05) is 22.2 Å². The van der Waals surface area contributed by atoms with Crippen molar-refractivity contribution in [3.63, 3.8) is 0 Å². The Bertz CT molecular complexity index is 731. The molecule has 4 nitrogen and oxygen atoms in total. The number of hydrogen-bond acceptors (Lipinski definition) is 2. The summed E-state index contributed by atoms with van der Waals surface area (Å²) >= 11 is 0. The molecule has 1 aliphatic carbocycles. The maximum absolute atomic E-state index is 12.5. The average molecular weight is 256 g/mol. The number of aromatic nitrogens is 1. The average Bonchev–Trinajstić information content (AvgIpc) is 2.39. The van der Waals surface area contributed by atoms with Gasteiger partial charge in [0.1, 0.15) is 0 Å². The van der Waals surface area contributed by atoms with Crippen LogP contribution in [0.5, 0.6) is 0 Å². The zero-order valence-electron chi connectivity index (χ0n) is 10.8. The second-order valence-electron chi connectivity index (χ2n) is 5.24. The van der Waals surface area contributed by atoms with E-state index in [1.165, 1.54) is 0 Å². The first-order chi connectivity index (χ1) is 9.08. The largest absolute Gasteiger partial charge is 0.369 e. The highest BCUT2D eigenvalue weighted by Gasteiger charge is 2.27. The minimum Gasteiger partial charge on any atom is -0.369 e. The zero-order chi connectivity index (χ0) is 13.6. The molecule has 0 aliphatic heterocycles. The molecule has 0 saturated heterocycles. The highest BCUT2D eigenvalue weighted by atomic mass is 16.1. The van der Waals surface area contributed by atoms with Crippen LogP contribution in [0.2, 0.25) is 0 Å². The van der Waals surface area contributed by atoms with Gasteiger partial charge >= 0.3 is 0 Å². The van der Waals surface area contributed by atoms with Gasteiger partial charge in [0.2, 0.25) is 5.91 Å². The van der Waals surface area contributed by atoms with Crippen molar-refractivity contribution in [3.05, 3.63) is 45.2 Å². The van der Waals surface area contributed by atoms with E-state index in [0.29, 0.717) is 5.39 Å². The Balaban J connectivity index is 2.34. The molecule has 3 N–H and O–H groups in total. The van der Waals surface area contributed by atoms with Gasteiger partial charge in [-0.2, -0.15) is 0 Å². The van der Waals surface area contributed by atoms with Gasteiger partial charge in [-0.15, -0.1) is 0 Å². The lowest BCUT2D eigenvalue weighted by Crippen LogP contribution is -2.29. The highest BCUT2D eigenvalue weighted by Crippen LogP contribution is 2.29. The monoisotopic (exact) mass is 256 g/mol. The number of carbonyl (C=O) groups excluding carboxylic acids is 1. The Morgan fingerprint density at radius 3 is 2.95 bits per heavy atom. The molecule has 0 spiro atoms. The summed E-state index contributed by atoms with van der Waals surface area (Å²) in [4.78, 5) is 27.3. The standard InChI is InChI=1S/C15H16N2O2/c1-8-5-6-12-11(7-8)14(18)9-3-2-4-10(15(16)19)13(9)17-12/h5-7,10H,2-4H2,1H3,(H2,16,19)(H,17,18)/t10-/m1/s1. The van der Waals surface area contributed by atoms with Crippen molar-refractivity contribution >= 4 is 16.8 Å². The molecular formula is C15H16N2O2. The van der Waals surface area contributed by atoms with Crippen LogP contribution in [-0.4, -0.2) is 10.9 Å². The number of nitrogens with two attached hydrogens (primary N) is 1. The Morgan fingerprint density at radius 2 is 2.21 bits per heavy atom. The molecule has 98 valence electrons. The second kappa shape index (κ2) is 4.23.